The van der Waals surface area contributed by atoms with E-state index in [0.717, 1.165) is 11.1 Å². The van der Waals surface area contributed by atoms with Crippen LogP contribution in [0.2, 0.25) is 0 Å². The van der Waals surface area contributed by atoms with Crippen molar-refractivity contribution in [2.45, 2.75) is 25.9 Å². The lowest BCUT2D eigenvalue weighted by Gasteiger charge is -2.32. The number of carbonyl (C=O) groups excluding carboxylic acids is 2. The summed E-state index contributed by atoms with van der Waals surface area (Å²) in [4.78, 5) is 26.4. The molecule has 2 aromatic carbocycles. The predicted molar refractivity (Wildman–Crippen MR) is 91.2 cm³/mol. The Kier molecular flexibility index (Phi) is 4.21. The van der Waals surface area contributed by atoms with Gasteiger partial charge in [-0.15, -0.1) is 0 Å². The topological polar surface area (TPSA) is 57.6 Å². The minimum absolute atomic E-state index is 0.161. The van der Waals surface area contributed by atoms with Gasteiger partial charge in [0, 0.05) is 0 Å². The van der Waals surface area contributed by atoms with Crippen LogP contribution < -0.4 is 0 Å². The molecule has 1 aliphatic rings. The first kappa shape index (κ1) is 16.0. The quantitative estimate of drug-likeness (QED) is 0.933. The van der Waals surface area contributed by atoms with Gasteiger partial charge < -0.3 is 10.0 Å². The molecule has 1 N–H and O–H groups in total. The maximum atomic E-state index is 12.7. The molecule has 1 amide bonds. The van der Waals surface area contributed by atoms with Gasteiger partial charge in [0.25, 0.3) is 5.91 Å². The van der Waals surface area contributed by atoms with Crippen LogP contribution in [0.4, 0.5) is 0 Å². The number of nitrogens with zero attached hydrogens (tertiary/aromatic N) is 1. The van der Waals surface area contributed by atoms with E-state index >= 15 is 0 Å². The van der Waals surface area contributed by atoms with Crippen LogP contribution in [0.5, 0.6) is 0 Å². The Morgan fingerprint density at radius 2 is 1.58 bits per heavy atom. The molecule has 0 saturated heterocycles. The first-order valence-corrected chi connectivity index (χ1v) is 7.89. The first-order chi connectivity index (χ1) is 11.5. The number of amides is 1. The molecule has 24 heavy (non-hydrogen) atoms. The third kappa shape index (κ3) is 2.60. The molecule has 0 unspecified atom stereocenters. The van der Waals surface area contributed by atoms with Crippen LogP contribution in [0.15, 0.2) is 72.0 Å². The van der Waals surface area contributed by atoms with Gasteiger partial charge in [0.15, 0.2) is 11.5 Å². The monoisotopic (exact) mass is 321 g/mol. The maximum absolute atomic E-state index is 12.7. The van der Waals surface area contributed by atoms with E-state index in [4.69, 9.17) is 0 Å². The van der Waals surface area contributed by atoms with Crippen molar-refractivity contribution in [2.75, 3.05) is 0 Å². The molecule has 1 heterocycles. The lowest BCUT2D eigenvalue weighted by Crippen LogP contribution is -2.33. The molecule has 2 aromatic rings. The normalized spacial score (nSPS) is 18.8. The summed E-state index contributed by atoms with van der Waals surface area (Å²) in [6.07, 6.45) is 0. The molecule has 0 aliphatic carbocycles. The van der Waals surface area contributed by atoms with Gasteiger partial charge in [-0.05, 0) is 25.0 Å². The van der Waals surface area contributed by atoms with Gasteiger partial charge in [-0.1, -0.05) is 60.7 Å². The van der Waals surface area contributed by atoms with Gasteiger partial charge in [-0.3, -0.25) is 9.59 Å². The van der Waals surface area contributed by atoms with Crippen molar-refractivity contribution < 1.29 is 14.7 Å². The highest BCUT2D eigenvalue weighted by molar-refractivity contribution is 6.08. The second kappa shape index (κ2) is 6.32. The van der Waals surface area contributed by atoms with Crippen LogP contribution in [-0.4, -0.2) is 21.7 Å². The van der Waals surface area contributed by atoms with Crippen molar-refractivity contribution in [1.29, 1.82) is 0 Å². The molecule has 0 radical (unpaired) electrons. The van der Waals surface area contributed by atoms with E-state index in [1.807, 2.05) is 67.6 Å². The number of benzene rings is 2. The van der Waals surface area contributed by atoms with E-state index in [2.05, 4.69) is 0 Å². The summed E-state index contributed by atoms with van der Waals surface area (Å²) in [6, 6.07) is 18.1. The Morgan fingerprint density at radius 1 is 1.04 bits per heavy atom. The highest BCUT2D eigenvalue weighted by Crippen LogP contribution is 2.42. The second-order valence-electron chi connectivity index (χ2n) is 5.93. The van der Waals surface area contributed by atoms with Crippen molar-refractivity contribution in [2.24, 2.45) is 0 Å². The number of Topliss-reactive ketones (excluding diaryl/α,β-unsaturated/α-hetero) is 1. The van der Waals surface area contributed by atoms with Gasteiger partial charge in [-0.2, -0.15) is 0 Å². The fourth-order valence-electron chi connectivity index (χ4n) is 3.24. The molecule has 0 fully saturated rings. The van der Waals surface area contributed by atoms with E-state index < -0.39 is 17.7 Å². The summed E-state index contributed by atoms with van der Waals surface area (Å²) in [5, 5.41) is 10.3. The van der Waals surface area contributed by atoms with Crippen LogP contribution in [0.1, 0.15) is 37.1 Å². The van der Waals surface area contributed by atoms with Crippen LogP contribution in [0.3, 0.4) is 0 Å². The zero-order chi connectivity index (χ0) is 17.3. The lowest BCUT2D eigenvalue weighted by atomic mass is 9.95. The van der Waals surface area contributed by atoms with Crippen LogP contribution in [0.25, 0.3) is 0 Å². The number of aliphatic hydroxyl groups is 1. The highest BCUT2D eigenvalue weighted by Gasteiger charge is 2.44. The summed E-state index contributed by atoms with van der Waals surface area (Å²) in [7, 11) is 0. The van der Waals surface area contributed by atoms with Crippen molar-refractivity contribution in [1.82, 2.24) is 4.90 Å². The van der Waals surface area contributed by atoms with E-state index in [1.165, 1.54) is 6.92 Å². The first-order valence-electron chi connectivity index (χ1n) is 7.89. The number of hydrogen-bond donors (Lipinski definition) is 1. The van der Waals surface area contributed by atoms with Crippen molar-refractivity contribution in [3.63, 3.8) is 0 Å². The van der Waals surface area contributed by atoms with Crippen LogP contribution in [-0.2, 0) is 9.59 Å². The van der Waals surface area contributed by atoms with Gasteiger partial charge in [0.05, 0.1) is 17.7 Å². The fourth-order valence-corrected chi connectivity index (χ4v) is 3.24. The number of hydrogen-bond acceptors (Lipinski definition) is 3. The second-order valence-corrected chi connectivity index (χ2v) is 5.93. The van der Waals surface area contributed by atoms with Crippen molar-refractivity contribution in [3.05, 3.63) is 83.1 Å². The summed E-state index contributed by atoms with van der Waals surface area (Å²) in [6.45, 7) is 3.28. The summed E-state index contributed by atoms with van der Waals surface area (Å²) in [5.41, 5.74) is 1.92. The Hall–Kier alpha value is -2.88. The molecule has 4 heteroatoms. The van der Waals surface area contributed by atoms with Gasteiger partial charge >= 0.3 is 0 Å². The average Bonchev–Trinajstić information content (AvgIpc) is 2.87. The standard InChI is InChI=1S/C20H19NO3/c1-13(15-9-5-3-6-10-15)21-18(16-11-7-4-8-12-16)17(14(2)22)19(23)20(21)24/h3-13,18,23H,1-2H3/t13-,18-/m0/s1. The van der Waals surface area contributed by atoms with Crippen molar-refractivity contribution >= 4 is 11.7 Å². The maximum Gasteiger partial charge on any atom is 0.290 e. The number of rotatable bonds is 4. The number of aliphatic hydroxyl groups excluding tert-OH is 1. The zero-order valence-corrected chi connectivity index (χ0v) is 13.6. The molecule has 1 aliphatic heterocycles. The molecular weight excluding hydrogens is 302 g/mol. The highest BCUT2D eigenvalue weighted by atomic mass is 16.3. The molecule has 4 nitrogen and oxygen atoms in total. The van der Waals surface area contributed by atoms with Gasteiger partial charge in [0.2, 0.25) is 0 Å². The van der Waals surface area contributed by atoms with E-state index in [0.29, 0.717) is 0 Å². The molecule has 2 atom stereocenters. The largest absolute Gasteiger partial charge is 0.503 e. The molecule has 0 bridgehead atoms. The Balaban J connectivity index is 2.11. The van der Waals surface area contributed by atoms with Gasteiger partial charge in [0.1, 0.15) is 0 Å². The molecule has 0 spiro atoms. The Labute approximate surface area is 141 Å². The minimum atomic E-state index is -0.577. The molecule has 3 rings (SSSR count). The summed E-state index contributed by atoms with van der Waals surface area (Å²) < 4.78 is 0. The smallest absolute Gasteiger partial charge is 0.290 e. The van der Waals surface area contributed by atoms with Crippen LogP contribution >= 0.6 is 0 Å². The minimum Gasteiger partial charge on any atom is -0.503 e. The number of ketones is 1. The molecule has 122 valence electrons. The van der Waals surface area contributed by atoms with E-state index in [-0.39, 0.29) is 17.4 Å². The van der Waals surface area contributed by atoms with E-state index in [9.17, 15) is 14.7 Å². The van der Waals surface area contributed by atoms with Crippen molar-refractivity contribution in [3.8, 4) is 0 Å². The fraction of sp³-hybridized carbons (Fsp3) is 0.200. The van der Waals surface area contributed by atoms with Gasteiger partial charge in [-0.25, -0.2) is 0 Å². The lowest BCUT2D eigenvalue weighted by molar-refractivity contribution is -0.131. The Bertz CT molecular complexity index is 796. The average molecular weight is 321 g/mol. The number of carbonyl (C=O) groups is 2. The summed E-state index contributed by atoms with van der Waals surface area (Å²) in [5.74, 6) is -1.25. The SMILES string of the molecule is CC(=O)C1=C(O)C(=O)N([C@@H](C)c2ccccc2)[C@H]1c1ccccc1. The third-order valence-electron chi connectivity index (χ3n) is 4.44. The van der Waals surface area contributed by atoms with E-state index in [1.54, 1.807) is 4.90 Å². The molecule has 0 saturated carbocycles. The van der Waals surface area contributed by atoms with Crippen LogP contribution in [0, 0.1) is 0 Å². The predicted octanol–water partition coefficient (Wildman–Crippen LogP) is 3.73. The molecule has 0 aromatic heterocycles. The third-order valence-corrected chi connectivity index (χ3v) is 4.44. The Morgan fingerprint density at radius 3 is 2.12 bits per heavy atom. The summed E-state index contributed by atoms with van der Waals surface area (Å²) >= 11 is 0. The molecular formula is C20H19NO3. The zero-order valence-electron chi connectivity index (χ0n) is 13.6.